The topological polar surface area (TPSA) is 37.8 Å². The minimum absolute atomic E-state index is 0.205. The number of fused-ring (bicyclic) bond motifs is 1. The van der Waals surface area contributed by atoms with E-state index in [-0.39, 0.29) is 5.82 Å². The first kappa shape index (κ1) is 14.3. The monoisotopic (exact) mass is 303 g/mol. The van der Waals surface area contributed by atoms with Gasteiger partial charge in [0.1, 0.15) is 17.5 Å². The number of thioether (sulfide) groups is 1. The summed E-state index contributed by atoms with van der Waals surface area (Å²) in [5.41, 5.74) is 2.45. The predicted molar refractivity (Wildman–Crippen MR) is 84.2 cm³/mol. The number of hydrogen-bond donors (Lipinski definition) is 1. The summed E-state index contributed by atoms with van der Waals surface area (Å²) in [6.07, 6.45) is 3.26. The van der Waals surface area contributed by atoms with Gasteiger partial charge in [0.2, 0.25) is 0 Å². The fourth-order valence-corrected chi connectivity index (χ4v) is 3.36. The van der Waals surface area contributed by atoms with E-state index in [2.05, 4.69) is 22.2 Å². The van der Waals surface area contributed by atoms with Crippen molar-refractivity contribution in [2.24, 2.45) is 0 Å². The maximum atomic E-state index is 13.2. The normalized spacial score (nSPS) is 13.2. The second-order valence-corrected chi connectivity index (χ2v) is 6.09. The highest BCUT2D eigenvalue weighted by Gasteiger charge is 2.18. The molecule has 110 valence electrons. The Hall–Kier alpha value is -1.62. The lowest BCUT2D eigenvalue weighted by Crippen LogP contribution is -2.08. The molecule has 21 heavy (non-hydrogen) atoms. The Balaban J connectivity index is 1.78. The molecular weight excluding hydrogens is 285 g/mol. The minimum Gasteiger partial charge on any atom is -0.370 e. The molecule has 1 aliphatic rings. The molecule has 0 aliphatic heterocycles. The summed E-state index contributed by atoms with van der Waals surface area (Å²) < 4.78 is 13.2. The third-order valence-electron chi connectivity index (χ3n) is 3.49. The number of rotatable bonds is 5. The van der Waals surface area contributed by atoms with Gasteiger partial charge < -0.3 is 5.32 Å². The smallest absolute Gasteiger partial charge is 0.141 e. The number of anilines is 1. The Morgan fingerprint density at radius 3 is 3.00 bits per heavy atom. The van der Waals surface area contributed by atoms with Crippen LogP contribution in [0.3, 0.4) is 0 Å². The molecule has 0 fully saturated rings. The molecule has 1 aliphatic carbocycles. The molecule has 1 heterocycles. The number of aryl methyl sites for hydroxylation is 1. The molecular formula is C16H18FN3S. The number of aromatic nitrogens is 2. The molecule has 0 saturated heterocycles. The Kier molecular flexibility index (Phi) is 4.39. The van der Waals surface area contributed by atoms with E-state index in [0.29, 0.717) is 5.75 Å². The third-order valence-corrected chi connectivity index (χ3v) is 4.48. The lowest BCUT2D eigenvalue weighted by Gasteiger charge is -2.10. The SMILES string of the molecule is CCNc1nc(CSc2cccc(F)c2)nc2c1CCC2. The van der Waals surface area contributed by atoms with E-state index in [1.165, 1.54) is 17.3 Å². The second-order valence-electron chi connectivity index (χ2n) is 5.04. The van der Waals surface area contributed by atoms with Crippen LogP contribution in [-0.4, -0.2) is 16.5 Å². The van der Waals surface area contributed by atoms with Crippen LogP contribution in [-0.2, 0) is 18.6 Å². The van der Waals surface area contributed by atoms with Crippen molar-refractivity contribution in [2.75, 3.05) is 11.9 Å². The van der Waals surface area contributed by atoms with Crippen molar-refractivity contribution in [3.05, 3.63) is 47.2 Å². The molecule has 1 N–H and O–H groups in total. The molecule has 1 aromatic heterocycles. The molecule has 0 unspecified atom stereocenters. The van der Waals surface area contributed by atoms with Gasteiger partial charge in [-0.3, -0.25) is 0 Å². The largest absolute Gasteiger partial charge is 0.370 e. The van der Waals surface area contributed by atoms with Gasteiger partial charge in [0.05, 0.1) is 5.75 Å². The van der Waals surface area contributed by atoms with E-state index >= 15 is 0 Å². The standard InChI is InChI=1S/C16H18FN3S/c1-2-18-16-13-7-4-8-14(13)19-15(20-16)10-21-12-6-3-5-11(17)9-12/h3,5-6,9H,2,4,7-8,10H2,1H3,(H,18,19,20). The van der Waals surface area contributed by atoms with Gasteiger partial charge in [-0.25, -0.2) is 14.4 Å². The second kappa shape index (κ2) is 6.43. The van der Waals surface area contributed by atoms with E-state index in [1.807, 2.05) is 6.07 Å². The number of benzene rings is 1. The van der Waals surface area contributed by atoms with E-state index in [1.54, 1.807) is 23.9 Å². The van der Waals surface area contributed by atoms with Crippen LogP contribution >= 0.6 is 11.8 Å². The Labute approximate surface area is 128 Å². The average molecular weight is 303 g/mol. The molecule has 3 nitrogen and oxygen atoms in total. The Bertz CT molecular complexity index is 645. The summed E-state index contributed by atoms with van der Waals surface area (Å²) >= 11 is 1.57. The third kappa shape index (κ3) is 3.35. The highest BCUT2D eigenvalue weighted by Crippen LogP contribution is 2.28. The van der Waals surface area contributed by atoms with Crippen LogP contribution < -0.4 is 5.32 Å². The van der Waals surface area contributed by atoms with E-state index in [0.717, 1.165) is 42.3 Å². The van der Waals surface area contributed by atoms with Crippen LogP contribution in [0, 0.1) is 5.82 Å². The summed E-state index contributed by atoms with van der Waals surface area (Å²) in [6, 6.07) is 6.64. The Morgan fingerprint density at radius 2 is 2.19 bits per heavy atom. The highest BCUT2D eigenvalue weighted by molar-refractivity contribution is 7.98. The molecule has 0 saturated carbocycles. The fraction of sp³-hybridized carbons (Fsp3) is 0.375. The average Bonchev–Trinajstić information content (AvgIpc) is 2.94. The van der Waals surface area contributed by atoms with Crippen molar-refractivity contribution in [2.45, 2.75) is 36.8 Å². The van der Waals surface area contributed by atoms with Crippen LogP contribution in [0.5, 0.6) is 0 Å². The predicted octanol–water partition coefficient (Wildman–Crippen LogP) is 3.83. The van der Waals surface area contributed by atoms with Crippen molar-refractivity contribution >= 4 is 17.6 Å². The van der Waals surface area contributed by atoms with E-state index < -0.39 is 0 Å². The van der Waals surface area contributed by atoms with Crippen molar-refractivity contribution < 1.29 is 4.39 Å². The van der Waals surface area contributed by atoms with Gasteiger partial charge in [-0.2, -0.15) is 0 Å². The van der Waals surface area contributed by atoms with Gasteiger partial charge in [-0.1, -0.05) is 6.07 Å². The molecule has 5 heteroatoms. The molecule has 3 rings (SSSR count). The maximum Gasteiger partial charge on any atom is 0.141 e. The van der Waals surface area contributed by atoms with Crippen LogP contribution in [0.15, 0.2) is 29.2 Å². The zero-order valence-corrected chi connectivity index (χ0v) is 12.8. The van der Waals surface area contributed by atoms with Crippen molar-refractivity contribution in [3.63, 3.8) is 0 Å². The number of hydrogen-bond acceptors (Lipinski definition) is 4. The van der Waals surface area contributed by atoms with E-state index in [9.17, 15) is 4.39 Å². The number of nitrogens with zero attached hydrogens (tertiary/aromatic N) is 2. The minimum atomic E-state index is -0.205. The summed E-state index contributed by atoms with van der Waals surface area (Å²) in [5.74, 6) is 2.26. The highest BCUT2D eigenvalue weighted by atomic mass is 32.2. The first-order valence-electron chi connectivity index (χ1n) is 7.27. The summed E-state index contributed by atoms with van der Waals surface area (Å²) in [5, 5.41) is 3.34. The van der Waals surface area contributed by atoms with Gasteiger partial charge in [0.15, 0.2) is 0 Å². The molecule has 2 aromatic rings. The maximum absolute atomic E-state index is 13.2. The summed E-state index contributed by atoms with van der Waals surface area (Å²) in [7, 11) is 0. The molecule has 0 atom stereocenters. The van der Waals surface area contributed by atoms with Crippen LogP contribution in [0.2, 0.25) is 0 Å². The first-order valence-corrected chi connectivity index (χ1v) is 8.25. The number of halogens is 1. The van der Waals surface area contributed by atoms with Crippen molar-refractivity contribution in [3.8, 4) is 0 Å². The molecule has 0 spiro atoms. The number of nitrogens with one attached hydrogen (secondary N) is 1. The van der Waals surface area contributed by atoms with Crippen molar-refractivity contribution in [1.82, 2.24) is 9.97 Å². The van der Waals surface area contributed by atoms with Gasteiger partial charge in [-0.15, -0.1) is 11.8 Å². The van der Waals surface area contributed by atoms with Crippen LogP contribution in [0.25, 0.3) is 0 Å². The fourth-order valence-electron chi connectivity index (χ4n) is 2.57. The lowest BCUT2D eigenvalue weighted by atomic mass is 10.2. The van der Waals surface area contributed by atoms with Gasteiger partial charge in [0.25, 0.3) is 0 Å². The van der Waals surface area contributed by atoms with Crippen LogP contribution in [0.1, 0.15) is 30.4 Å². The van der Waals surface area contributed by atoms with Gasteiger partial charge in [-0.05, 0) is 44.4 Å². The zero-order chi connectivity index (χ0) is 14.7. The quantitative estimate of drug-likeness (QED) is 0.852. The van der Waals surface area contributed by atoms with Gasteiger partial charge in [0, 0.05) is 22.7 Å². The van der Waals surface area contributed by atoms with Crippen LogP contribution in [0.4, 0.5) is 10.2 Å². The summed E-state index contributed by atoms with van der Waals surface area (Å²) in [4.78, 5) is 10.2. The van der Waals surface area contributed by atoms with Gasteiger partial charge >= 0.3 is 0 Å². The molecule has 1 aromatic carbocycles. The van der Waals surface area contributed by atoms with E-state index in [4.69, 9.17) is 0 Å². The molecule has 0 amide bonds. The Morgan fingerprint density at radius 1 is 1.29 bits per heavy atom. The summed E-state index contributed by atoms with van der Waals surface area (Å²) in [6.45, 7) is 2.94. The molecule has 0 radical (unpaired) electrons. The lowest BCUT2D eigenvalue weighted by molar-refractivity contribution is 0.624. The first-order chi connectivity index (χ1) is 10.3. The van der Waals surface area contributed by atoms with Crippen molar-refractivity contribution in [1.29, 1.82) is 0 Å². The molecule has 0 bridgehead atoms. The zero-order valence-electron chi connectivity index (χ0n) is 12.0.